The average molecular weight is 137 g/mol. The SMILES string of the molecule is CC(=O)NOS(C)=O. The number of hydroxylamine groups is 1. The Hall–Kier alpha value is -0.420. The predicted molar refractivity (Wildman–Crippen MR) is 29.0 cm³/mol. The van der Waals surface area contributed by atoms with E-state index in [0.29, 0.717) is 0 Å². The molecular weight excluding hydrogens is 130 g/mol. The fourth-order valence-electron chi connectivity index (χ4n) is 0.117. The molecular formula is C3H7NO3S. The number of nitrogens with one attached hydrogen (secondary N) is 1. The topological polar surface area (TPSA) is 55.4 Å². The molecule has 1 N–H and O–H groups in total. The third-order valence-corrected chi connectivity index (χ3v) is 0.621. The van der Waals surface area contributed by atoms with Crippen molar-refractivity contribution in [3.05, 3.63) is 0 Å². The molecule has 0 saturated carbocycles. The molecule has 1 unspecified atom stereocenters. The van der Waals surface area contributed by atoms with Crippen molar-refractivity contribution in [3.8, 4) is 0 Å². The highest BCUT2D eigenvalue weighted by Crippen LogP contribution is 1.70. The second-order valence-electron chi connectivity index (χ2n) is 1.14. The molecule has 8 heavy (non-hydrogen) atoms. The molecule has 1 atom stereocenters. The molecule has 0 aliphatic heterocycles. The minimum atomic E-state index is -1.42. The van der Waals surface area contributed by atoms with Gasteiger partial charge in [0.05, 0.1) is 0 Å². The van der Waals surface area contributed by atoms with Gasteiger partial charge in [0, 0.05) is 13.2 Å². The van der Waals surface area contributed by atoms with E-state index in [4.69, 9.17) is 0 Å². The lowest BCUT2D eigenvalue weighted by Gasteiger charge is -1.94. The summed E-state index contributed by atoms with van der Waals surface area (Å²) >= 11 is -1.42. The van der Waals surface area contributed by atoms with Crippen LogP contribution in [0.15, 0.2) is 0 Å². The zero-order valence-electron chi connectivity index (χ0n) is 4.63. The van der Waals surface area contributed by atoms with Gasteiger partial charge in [-0.05, 0) is 0 Å². The summed E-state index contributed by atoms with van der Waals surface area (Å²) < 4.78 is 14.2. The van der Waals surface area contributed by atoms with Gasteiger partial charge in [0.2, 0.25) is 5.91 Å². The normalized spacial score (nSPS) is 12.8. The van der Waals surface area contributed by atoms with Gasteiger partial charge in [-0.2, -0.15) is 4.28 Å². The zero-order chi connectivity index (χ0) is 6.57. The Morgan fingerprint density at radius 2 is 2.25 bits per heavy atom. The summed E-state index contributed by atoms with van der Waals surface area (Å²) in [5.74, 6) is -0.361. The average Bonchev–Trinajstić information content (AvgIpc) is 1.61. The first-order valence-corrected chi connectivity index (χ1v) is 3.38. The number of hydrogen-bond donors (Lipinski definition) is 1. The molecule has 0 heterocycles. The van der Waals surface area contributed by atoms with Crippen LogP contribution in [-0.2, 0) is 20.2 Å². The maximum absolute atomic E-state index is 10.0. The molecule has 5 heteroatoms. The van der Waals surface area contributed by atoms with Crippen LogP contribution in [-0.4, -0.2) is 16.4 Å². The van der Waals surface area contributed by atoms with Gasteiger partial charge in [-0.3, -0.25) is 4.79 Å². The van der Waals surface area contributed by atoms with E-state index in [9.17, 15) is 9.00 Å². The molecule has 0 aliphatic rings. The quantitative estimate of drug-likeness (QED) is 0.514. The molecule has 4 nitrogen and oxygen atoms in total. The Balaban J connectivity index is 3.18. The molecule has 0 bridgehead atoms. The van der Waals surface area contributed by atoms with Crippen molar-refractivity contribution in [2.45, 2.75) is 6.92 Å². The smallest absolute Gasteiger partial charge is 0.241 e. The van der Waals surface area contributed by atoms with E-state index in [1.165, 1.54) is 13.2 Å². The van der Waals surface area contributed by atoms with Gasteiger partial charge in [-0.1, -0.05) is 0 Å². The number of rotatable bonds is 2. The summed E-state index contributed by atoms with van der Waals surface area (Å²) in [7, 11) is 0. The van der Waals surface area contributed by atoms with Crippen molar-refractivity contribution >= 4 is 17.0 Å². The third-order valence-electron chi connectivity index (χ3n) is 0.303. The Labute approximate surface area is 49.8 Å². The molecule has 0 rings (SSSR count). The maximum atomic E-state index is 10.0. The fourth-order valence-corrected chi connectivity index (χ4v) is 0.352. The molecule has 0 aliphatic carbocycles. The Morgan fingerprint density at radius 3 is 2.38 bits per heavy atom. The summed E-state index contributed by atoms with van der Waals surface area (Å²) in [6.45, 7) is 1.27. The van der Waals surface area contributed by atoms with Crippen LogP contribution in [0.2, 0.25) is 0 Å². The van der Waals surface area contributed by atoms with Crippen LogP contribution in [0, 0.1) is 0 Å². The van der Waals surface area contributed by atoms with Crippen molar-refractivity contribution in [2.75, 3.05) is 6.26 Å². The first-order chi connectivity index (χ1) is 3.63. The van der Waals surface area contributed by atoms with E-state index in [1.807, 2.05) is 5.48 Å². The van der Waals surface area contributed by atoms with Crippen LogP contribution < -0.4 is 5.48 Å². The number of carbonyl (C=O) groups is 1. The van der Waals surface area contributed by atoms with Gasteiger partial charge in [0.25, 0.3) is 0 Å². The van der Waals surface area contributed by atoms with Crippen LogP contribution >= 0.6 is 0 Å². The third kappa shape index (κ3) is 5.58. The Bertz CT molecular complexity index is 99.1. The largest absolute Gasteiger partial charge is 0.273 e. The summed E-state index contributed by atoms with van der Waals surface area (Å²) in [6, 6.07) is 0. The molecule has 1 amide bonds. The van der Waals surface area contributed by atoms with Gasteiger partial charge in [-0.25, -0.2) is 9.69 Å². The lowest BCUT2D eigenvalue weighted by Crippen LogP contribution is -2.20. The first-order valence-electron chi connectivity index (χ1n) is 1.90. The van der Waals surface area contributed by atoms with E-state index >= 15 is 0 Å². The predicted octanol–water partition coefficient (Wildman–Crippen LogP) is -0.652. The molecule has 0 saturated heterocycles. The molecule has 0 aromatic heterocycles. The van der Waals surface area contributed by atoms with Crippen LogP contribution in [0.3, 0.4) is 0 Å². The van der Waals surface area contributed by atoms with Gasteiger partial charge in [-0.15, -0.1) is 0 Å². The van der Waals surface area contributed by atoms with Crippen molar-refractivity contribution in [3.63, 3.8) is 0 Å². The summed E-state index contributed by atoms with van der Waals surface area (Å²) in [4.78, 5) is 9.98. The molecule has 0 fully saturated rings. The lowest BCUT2D eigenvalue weighted by molar-refractivity contribution is -0.124. The van der Waals surface area contributed by atoms with Crippen LogP contribution in [0.4, 0.5) is 0 Å². The van der Waals surface area contributed by atoms with Crippen molar-refractivity contribution in [1.82, 2.24) is 5.48 Å². The minimum Gasteiger partial charge on any atom is -0.273 e. The molecule has 0 spiro atoms. The number of carbonyl (C=O) groups excluding carboxylic acids is 1. The highest BCUT2D eigenvalue weighted by atomic mass is 32.2. The van der Waals surface area contributed by atoms with Crippen LogP contribution in [0.5, 0.6) is 0 Å². The Kier molecular flexibility index (Phi) is 3.38. The van der Waals surface area contributed by atoms with Crippen LogP contribution in [0.25, 0.3) is 0 Å². The molecule has 48 valence electrons. The summed E-state index contributed by atoms with van der Waals surface area (Å²) in [5, 5.41) is 0. The van der Waals surface area contributed by atoms with E-state index in [-0.39, 0.29) is 5.91 Å². The van der Waals surface area contributed by atoms with Gasteiger partial charge in [0.1, 0.15) is 0 Å². The molecule has 0 aromatic rings. The van der Waals surface area contributed by atoms with E-state index < -0.39 is 11.1 Å². The van der Waals surface area contributed by atoms with Gasteiger partial charge in [0.15, 0.2) is 11.1 Å². The number of hydrogen-bond acceptors (Lipinski definition) is 3. The van der Waals surface area contributed by atoms with Crippen LogP contribution in [0.1, 0.15) is 6.92 Å². The van der Waals surface area contributed by atoms with Crippen molar-refractivity contribution < 1.29 is 13.3 Å². The van der Waals surface area contributed by atoms with E-state index in [1.54, 1.807) is 0 Å². The summed E-state index contributed by atoms with van der Waals surface area (Å²) in [5.41, 5.74) is 1.91. The fraction of sp³-hybridized carbons (Fsp3) is 0.667. The lowest BCUT2D eigenvalue weighted by atomic mass is 10.8. The standard InChI is InChI=1S/C3H7NO3S/c1-3(5)4-7-8(2)6/h1-2H3,(H,4,5). The monoisotopic (exact) mass is 137 g/mol. The zero-order valence-corrected chi connectivity index (χ0v) is 5.45. The minimum absolute atomic E-state index is 0.361. The maximum Gasteiger partial charge on any atom is 0.241 e. The van der Waals surface area contributed by atoms with Crippen molar-refractivity contribution in [2.24, 2.45) is 0 Å². The highest BCUT2D eigenvalue weighted by molar-refractivity contribution is 7.79. The van der Waals surface area contributed by atoms with Gasteiger partial charge >= 0.3 is 0 Å². The molecule has 0 radical (unpaired) electrons. The first kappa shape index (κ1) is 7.58. The van der Waals surface area contributed by atoms with E-state index in [0.717, 1.165) is 0 Å². The van der Waals surface area contributed by atoms with Crippen molar-refractivity contribution in [1.29, 1.82) is 0 Å². The summed E-state index contributed by atoms with van der Waals surface area (Å²) in [6.07, 6.45) is 1.32. The second kappa shape index (κ2) is 3.57. The number of amides is 1. The molecule has 0 aromatic carbocycles. The second-order valence-corrected chi connectivity index (χ2v) is 2.11. The highest BCUT2D eigenvalue weighted by Gasteiger charge is 1.90. The Morgan fingerprint density at radius 1 is 1.75 bits per heavy atom. The van der Waals surface area contributed by atoms with Gasteiger partial charge < -0.3 is 0 Å². The van der Waals surface area contributed by atoms with E-state index in [2.05, 4.69) is 4.28 Å².